The van der Waals surface area contributed by atoms with Crippen LogP contribution in [-0.4, -0.2) is 16.2 Å². The lowest BCUT2D eigenvalue weighted by Gasteiger charge is -2.14. The summed E-state index contributed by atoms with van der Waals surface area (Å²) in [7, 11) is 0. The van der Waals surface area contributed by atoms with Crippen molar-refractivity contribution < 1.29 is 14.4 Å². The molecule has 37 heavy (non-hydrogen) atoms. The van der Waals surface area contributed by atoms with Gasteiger partial charge in [-0.3, -0.25) is 4.79 Å². The van der Waals surface area contributed by atoms with Crippen molar-refractivity contribution in [3.63, 3.8) is 0 Å². The number of aryl methyl sites for hydroxylation is 2. The molecule has 5 heteroatoms. The molecule has 5 rings (SSSR count). The Morgan fingerprint density at radius 2 is 1.57 bits per heavy atom. The molecule has 1 unspecified atom stereocenters. The van der Waals surface area contributed by atoms with E-state index in [1.54, 1.807) is 0 Å². The van der Waals surface area contributed by atoms with Crippen LogP contribution in [0.5, 0.6) is 0 Å². The molecule has 0 saturated heterocycles. The minimum absolute atomic E-state index is 0.166. The number of aromatic nitrogens is 1. The van der Waals surface area contributed by atoms with Gasteiger partial charge in [0.1, 0.15) is 0 Å². The van der Waals surface area contributed by atoms with Gasteiger partial charge >= 0.3 is 5.97 Å². The molecule has 190 valence electrons. The Balaban J connectivity index is 1.26. The lowest BCUT2D eigenvalue weighted by molar-refractivity contribution is -0.137. The van der Waals surface area contributed by atoms with Gasteiger partial charge in [-0.1, -0.05) is 84.3 Å². The number of hydrogen-bond acceptors (Lipinski definition) is 3. The molecule has 0 amide bonds. The van der Waals surface area contributed by atoms with Crippen LogP contribution in [0.3, 0.4) is 0 Å². The highest BCUT2D eigenvalue weighted by atomic mass is 35.5. The van der Waals surface area contributed by atoms with E-state index >= 15 is 0 Å². The second-order valence-electron chi connectivity index (χ2n) is 10.6. The Morgan fingerprint density at radius 1 is 0.973 bits per heavy atom. The number of nitrogens with zero attached hydrogens (tertiary/aromatic N) is 1. The van der Waals surface area contributed by atoms with Gasteiger partial charge in [0.05, 0.1) is 12.1 Å². The van der Waals surface area contributed by atoms with Crippen LogP contribution < -0.4 is 0 Å². The van der Waals surface area contributed by atoms with Crippen LogP contribution in [0.4, 0.5) is 0 Å². The molecule has 0 radical (unpaired) electrons. The summed E-state index contributed by atoms with van der Waals surface area (Å²) in [5.41, 5.74) is 7.65. The number of rotatable bonds is 10. The minimum atomic E-state index is -0.727. The largest absolute Gasteiger partial charge is 0.481 e. The topological polar surface area (TPSA) is 63.3 Å². The van der Waals surface area contributed by atoms with Gasteiger partial charge in [-0.25, -0.2) is 0 Å². The number of halogens is 1. The predicted octanol–water partition coefficient (Wildman–Crippen LogP) is 8.29. The summed E-state index contributed by atoms with van der Waals surface area (Å²) in [6.45, 7) is 4.29. The molecule has 1 aliphatic rings. The normalized spacial score (nSPS) is 14.9. The Bertz CT molecular complexity index is 1370. The number of aliphatic carboxylic acids is 1. The number of benzene rings is 3. The summed E-state index contributed by atoms with van der Waals surface area (Å²) < 4.78 is 5.78. The van der Waals surface area contributed by atoms with Crippen molar-refractivity contribution in [2.45, 2.75) is 57.8 Å². The second-order valence-corrected chi connectivity index (χ2v) is 11.0. The van der Waals surface area contributed by atoms with Gasteiger partial charge in [-0.2, -0.15) is 0 Å². The minimum Gasteiger partial charge on any atom is -0.481 e. The van der Waals surface area contributed by atoms with Gasteiger partial charge in [-0.15, -0.1) is 0 Å². The first-order valence-corrected chi connectivity index (χ1v) is 13.3. The van der Waals surface area contributed by atoms with E-state index in [2.05, 4.69) is 72.7 Å². The Hall–Kier alpha value is -3.37. The van der Waals surface area contributed by atoms with E-state index in [0.717, 1.165) is 70.8 Å². The molecule has 1 fully saturated rings. The van der Waals surface area contributed by atoms with E-state index < -0.39 is 5.97 Å². The first-order valence-electron chi connectivity index (χ1n) is 13.0. The SMILES string of the molecule is Cc1noc(-c2ccc(-c3ccc(C4(CC(=O)O)CC4)cc3)cc2)c1CC(C)CCc1ccc(Cl)cc1. The highest BCUT2D eigenvalue weighted by Gasteiger charge is 2.45. The average molecular weight is 514 g/mol. The van der Waals surface area contributed by atoms with Crippen LogP contribution in [0.2, 0.25) is 5.02 Å². The van der Waals surface area contributed by atoms with Crippen LogP contribution in [-0.2, 0) is 23.1 Å². The van der Waals surface area contributed by atoms with Crippen molar-refractivity contribution in [2.75, 3.05) is 0 Å². The van der Waals surface area contributed by atoms with E-state index in [-0.39, 0.29) is 11.8 Å². The number of carboxylic acids is 1. The van der Waals surface area contributed by atoms with Crippen molar-refractivity contribution in [3.8, 4) is 22.5 Å². The average Bonchev–Trinajstić information content (AvgIpc) is 3.59. The fourth-order valence-electron chi connectivity index (χ4n) is 5.21. The molecule has 0 aliphatic heterocycles. The molecule has 1 heterocycles. The van der Waals surface area contributed by atoms with Crippen molar-refractivity contribution in [1.82, 2.24) is 5.16 Å². The van der Waals surface area contributed by atoms with Crippen LogP contribution >= 0.6 is 11.6 Å². The lowest BCUT2D eigenvalue weighted by atomic mass is 9.90. The molecule has 0 bridgehead atoms. The van der Waals surface area contributed by atoms with Crippen LogP contribution in [0.1, 0.15) is 55.0 Å². The molecule has 3 aromatic carbocycles. The number of hydrogen-bond donors (Lipinski definition) is 1. The highest BCUT2D eigenvalue weighted by Crippen LogP contribution is 2.51. The molecule has 1 saturated carbocycles. The van der Waals surface area contributed by atoms with E-state index in [1.807, 2.05) is 19.1 Å². The quantitative estimate of drug-likeness (QED) is 0.231. The zero-order valence-corrected chi connectivity index (χ0v) is 22.1. The Kier molecular flexibility index (Phi) is 7.21. The summed E-state index contributed by atoms with van der Waals surface area (Å²) in [6, 6.07) is 24.9. The number of carbonyl (C=O) groups is 1. The third kappa shape index (κ3) is 5.80. The van der Waals surface area contributed by atoms with Crippen LogP contribution in [0.25, 0.3) is 22.5 Å². The monoisotopic (exact) mass is 513 g/mol. The predicted molar refractivity (Wildman–Crippen MR) is 148 cm³/mol. The molecular formula is C32H32ClNO3. The van der Waals surface area contributed by atoms with E-state index in [9.17, 15) is 9.90 Å². The van der Waals surface area contributed by atoms with Gasteiger partial charge in [0.2, 0.25) is 0 Å². The standard InChI is InChI=1S/C32H32ClNO3/c1-21(3-4-23-5-15-28(33)16-6-23)19-29-22(2)34-37-31(29)26-9-7-24(8-10-26)25-11-13-27(14-12-25)32(17-18-32)20-30(35)36/h5-16,21H,3-4,17-20H2,1-2H3,(H,35,36). The summed E-state index contributed by atoms with van der Waals surface area (Å²) in [6.07, 6.45) is 5.12. The summed E-state index contributed by atoms with van der Waals surface area (Å²) in [5, 5.41) is 14.3. The Morgan fingerprint density at radius 3 is 2.16 bits per heavy atom. The van der Waals surface area contributed by atoms with Crippen LogP contribution in [0, 0.1) is 12.8 Å². The highest BCUT2D eigenvalue weighted by molar-refractivity contribution is 6.30. The van der Waals surface area contributed by atoms with Gasteiger partial charge < -0.3 is 9.63 Å². The van der Waals surface area contributed by atoms with E-state index in [1.165, 1.54) is 11.1 Å². The third-order valence-electron chi connectivity index (χ3n) is 7.70. The summed E-state index contributed by atoms with van der Waals surface area (Å²) in [5.74, 6) is 0.610. The van der Waals surface area contributed by atoms with Crippen molar-refractivity contribution in [1.29, 1.82) is 0 Å². The van der Waals surface area contributed by atoms with Crippen molar-refractivity contribution in [3.05, 3.63) is 100 Å². The summed E-state index contributed by atoms with van der Waals surface area (Å²) in [4.78, 5) is 11.2. The zero-order chi connectivity index (χ0) is 26.0. The zero-order valence-electron chi connectivity index (χ0n) is 21.3. The first kappa shape index (κ1) is 25.3. The fourth-order valence-corrected chi connectivity index (χ4v) is 5.33. The van der Waals surface area contributed by atoms with Crippen molar-refractivity contribution >= 4 is 17.6 Å². The first-order chi connectivity index (χ1) is 17.8. The van der Waals surface area contributed by atoms with E-state index in [4.69, 9.17) is 16.1 Å². The van der Waals surface area contributed by atoms with E-state index in [0.29, 0.717) is 5.92 Å². The van der Waals surface area contributed by atoms with Gasteiger partial charge in [0, 0.05) is 21.6 Å². The molecule has 1 N–H and O–H groups in total. The molecule has 1 atom stereocenters. The summed E-state index contributed by atoms with van der Waals surface area (Å²) >= 11 is 6.01. The molecular weight excluding hydrogens is 482 g/mol. The second kappa shape index (κ2) is 10.5. The Labute approximate surface area is 223 Å². The smallest absolute Gasteiger partial charge is 0.304 e. The molecule has 0 spiro atoms. The van der Waals surface area contributed by atoms with Gasteiger partial charge in [-0.05, 0) is 79.3 Å². The lowest BCUT2D eigenvalue weighted by Crippen LogP contribution is -2.12. The number of carboxylic acid groups (broad SMARTS) is 1. The van der Waals surface area contributed by atoms with Gasteiger partial charge in [0.25, 0.3) is 0 Å². The maximum atomic E-state index is 11.2. The maximum absolute atomic E-state index is 11.2. The molecule has 1 aliphatic carbocycles. The van der Waals surface area contributed by atoms with Crippen LogP contribution in [0.15, 0.2) is 77.3 Å². The molecule has 4 aromatic rings. The third-order valence-corrected chi connectivity index (χ3v) is 7.95. The molecule has 4 nitrogen and oxygen atoms in total. The van der Waals surface area contributed by atoms with Gasteiger partial charge in [0.15, 0.2) is 5.76 Å². The molecule has 1 aromatic heterocycles. The fraction of sp³-hybridized carbons (Fsp3) is 0.312. The maximum Gasteiger partial charge on any atom is 0.304 e. The van der Waals surface area contributed by atoms with Crippen molar-refractivity contribution in [2.24, 2.45) is 5.92 Å².